The predicted molar refractivity (Wildman–Crippen MR) is 42.7 cm³/mol. The molecule has 0 heterocycles. The number of hydrogen-bond acceptors (Lipinski definition) is 1. The van der Waals surface area contributed by atoms with E-state index in [2.05, 4.69) is 19.2 Å². The number of amides is 1. The van der Waals surface area contributed by atoms with E-state index < -0.39 is 0 Å². The third kappa shape index (κ3) is 2.38. The summed E-state index contributed by atoms with van der Waals surface area (Å²) >= 11 is 0. The molecule has 0 radical (unpaired) electrons. The van der Waals surface area contributed by atoms with Gasteiger partial charge in [-0.15, -0.1) is 0 Å². The van der Waals surface area contributed by atoms with Gasteiger partial charge in [0.2, 0.25) is 5.91 Å². The maximum absolute atomic E-state index is 11.1. The largest absolute Gasteiger partial charge is 0.359 e. The van der Waals surface area contributed by atoms with Crippen LogP contribution in [0.1, 0.15) is 27.2 Å². The van der Waals surface area contributed by atoms with Gasteiger partial charge in [-0.25, -0.2) is 0 Å². The lowest BCUT2D eigenvalue weighted by atomic mass is 9.93. The van der Waals surface area contributed by atoms with Crippen molar-refractivity contribution in [2.24, 2.45) is 11.8 Å². The van der Waals surface area contributed by atoms with E-state index in [1.165, 1.54) is 0 Å². The maximum Gasteiger partial charge on any atom is 0.223 e. The van der Waals surface area contributed by atoms with Crippen LogP contribution in [0.15, 0.2) is 0 Å². The van der Waals surface area contributed by atoms with E-state index in [4.69, 9.17) is 0 Å². The van der Waals surface area contributed by atoms with Gasteiger partial charge in [-0.1, -0.05) is 20.8 Å². The van der Waals surface area contributed by atoms with E-state index in [9.17, 15) is 4.79 Å². The van der Waals surface area contributed by atoms with Gasteiger partial charge in [0.05, 0.1) is 0 Å². The van der Waals surface area contributed by atoms with Crippen LogP contribution in [0.3, 0.4) is 0 Å². The molecule has 1 atom stereocenters. The Morgan fingerprint density at radius 1 is 1.50 bits per heavy atom. The molecule has 10 heavy (non-hydrogen) atoms. The predicted octanol–water partition coefficient (Wildman–Crippen LogP) is 1.41. The number of carbonyl (C=O) groups is 1. The molecule has 0 aliphatic carbocycles. The minimum Gasteiger partial charge on any atom is -0.359 e. The fourth-order valence-corrected chi connectivity index (χ4v) is 1.14. The van der Waals surface area contributed by atoms with Crippen LogP contribution in [0.25, 0.3) is 0 Å². The molecule has 1 amide bonds. The van der Waals surface area contributed by atoms with Gasteiger partial charge >= 0.3 is 0 Å². The molecule has 0 aromatic carbocycles. The standard InChI is InChI=1S/C8H17NO/c1-5-7(6(2)3)8(10)9-4/h6-7H,5H2,1-4H3,(H,9,10). The molecule has 0 saturated carbocycles. The zero-order valence-corrected chi connectivity index (χ0v) is 7.27. The number of carbonyl (C=O) groups excluding carboxylic acids is 1. The van der Waals surface area contributed by atoms with Gasteiger partial charge in [0.1, 0.15) is 0 Å². The molecule has 0 aromatic rings. The minimum atomic E-state index is 0.164. The Morgan fingerprint density at radius 3 is 2.10 bits per heavy atom. The molecule has 0 spiro atoms. The Kier molecular flexibility index (Phi) is 4.08. The molecule has 1 N–H and O–H groups in total. The van der Waals surface area contributed by atoms with Crippen LogP contribution < -0.4 is 5.32 Å². The smallest absolute Gasteiger partial charge is 0.223 e. The first-order valence-corrected chi connectivity index (χ1v) is 3.85. The lowest BCUT2D eigenvalue weighted by Crippen LogP contribution is -2.30. The summed E-state index contributed by atoms with van der Waals surface area (Å²) < 4.78 is 0. The fraction of sp³-hybridized carbons (Fsp3) is 0.875. The highest BCUT2D eigenvalue weighted by molar-refractivity contribution is 5.78. The quantitative estimate of drug-likeness (QED) is 0.636. The summed E-state index contributed by atoms with van der Waals surface area (Å²) in [6, 6.07) is 0. The van der Waals surface area contributed by atoms with Crippen LogP contribution in [-0.2, 0) is 4.79 Å². The van der Waals surface area contributed by atoms with Crippen molar-refractivity contribution in [1.82, 2.24) is 5.32 Å². The molecule has 1 unspecified atom stereocenters. The van der Waals surface area contributed by atoms with Crippen molar-refractivity contribution in [3.63, 3.8) is 0 Å². The Labute approximate surface area is 63.0 Å². The molecule has 2 nitrogen and oxygen atoms in total. The lowest BCUT2D eigenvalue weighted by Gasteiger charge is -2.16. The van der Waals surface area contributed by atoms with Crippen molar-refractivity contribution in [1.29, 1.82) is 0 Å². The Morgan fingerprint density at radius 2 is 2.00 bits per heavy atom. The molecule has 0 aliphatic rings. The molecular formula is C8H17NO. The second-order valence-electron chi connectivity index (χ2n) is 2.87. The average Bonchev–Trinajstić information content (AvgIpc) is 1.88. The van der Waals surface area contributed by atoms with E-state index in [0.717, 1.165) is 6.42 Å². The summed E-state index contributed by atoms with van der Waals surface area (Å²) in [5, 5.41) is 2.66. The van der Waals surface area contributed by atoms with E-state index in [1.807, 2.05) is 6.92 Å². The topological polar surface area (TPSA) is 29.1 Å². The minimum absolute atomic E-state index is 0.164. The van der Waals surface area contributed by atoms with Gasteiger partial charge < -0.3 is 5.32 Å². The molecule has 0 rings (SSSR count). The van der Waals surface area contributed by atoms with Gasteiger partial charge in [-0.2, -0.15) is 0 Å². The highest BCUT2D eigenvalue weighted by atomic mass is 16.1. The first-order chi connectivity index (χ1) is 4.63. The molecule has 0 aromatic heterocycles. The zero-order chi connectivity index (χ0) is 8.15. The van der Waals surface area contributed by atoms with Gasteiger partial charge in [0.25, 0.3) is 0 Å². The normalized spacial score (nSPS) is 13.3. The highest BCUT2D eigenvalue weighted by Crippen LogP contribution is 2.13. The molecule has 0 aliphatic heterocycles. The number of rotatable bonds is 3. The average molecular weight is 143 g/mol. The summed E-state index contributed by atoms with van der Waals surface area (Å²) in [5.74, 6) is 0.799. The van der Waals surface area contributed by atoms with Gasteiger partial charge in [-0.05, 0) is 12.3 Å². The van der Waals surface area contributed by atoms with Crippen molar-refractivity contribution >= 4 is 5.91 Å². The molecule has 60 valence electrons. The summed E-state index contributed by atoms with van der Waals surface area (Å²) in [4.78, 5) is 11.1. The summed E-state index contributed by atoms with van der Waals surface area (Å²) in [6.07, 6.45) is 0.928. The van der Waals surface area contributed by atoms with Gasteiger partial charge in [-0.3, -0.25) is 4.79 Å². The number of nitrogens with one attached hydrogen (secondary N) is 1. The van der Waals surface area contributed by atoms with Gasteiger partial charge in [0.15, 0.2) is 0 Å². The SMILES string of the molecule is CCC(C(=O)NC)C(C)C. The maximum atomic E-state index is 11.1. The van der Waals surface area contributed by atoms with Crippen molar-refractivity contribution < 1.29 is 4.79 Å². The molecule has 0 bridgehead atoms. The van der Waals surface area contributed by atoms with E-state index in [0.29, 0.717) is 5.92 Å². The van der Waals surface area contributed by atoms with Crippen molar-refractivity contribution in [3.8, 4) is 0 Å². The summed E-state index contributed by atoms with van der Waals surface area (Å²) in [5.41, 5.74) is 0. The van der Waals surface area contributed by atoms with E-state index in [1.54, 1.807) is 7.05 Å². The molecular weight excluding hydrogens is 126 g/mol. The Bertz CT molecular complexity index is 110. The zero-order valence-electron chi connectivity index (χ0n) is 7.27. The summed E-state index contributed by atoms with van der Waals surface area (Å²) in [6.45, 7) is 6.19. The van der Waals surface area contributed by atoms with E-state index >= 15 is 0 Å². The van der Waals surface area contributed by atoms with Crippen molar-refractivity contribution in [2.75, 3.05) is 7.05 Å². The number of hydrogen-bond donors (Lipinski definition) is 1. The van der Waals surface area contributed by atoms with Crippen LogP contribution in [0.4, 0.5) is 0 Å². The first kappa shape index (κ1) is 9.47. The van der Waals surface area contributed by atoms with E-state index in [-0.39, 0.29) is 11.8 Å². The van der Waals surface area contributed by atoms with Crippen LogP contribution in [0.5, 0.6) is 0 Å². The fourth-order valence-electron chi connectivity index (χ4n) is 1.14. The molecule has 0 saturated heterocycles. The Hall–Kier alpha value is -0.530. The lowest BCUT2D eigenvalue weighted by molar-refractivity contribution is -0.125. The van der Waals surface area contributed by atoms with Crippen molar-refractivity contribution in [3.05, 3.63) is 0 Å². The second-order valence-corrected chi connectivity index (χ2v) is 2.87. The van der Waals surface area contributed by atoms with Crippen LogP contribution in [0.2, 0.25) is 0 Å². The van der Waals surface area contributed by atoms with Gasteiger partial charge in [0, 0.05) is 13.0 Å². The second kappa shape index (κ2) is 4.31. The van der Waals surface area contributed by atoms with Crippen LogP contribution in [-0.4, -0.2) is 13.0 Å². The Balaban J connectivity index is 3.93. The highest BCUT2D eigenvalue weighted by Gasteiger charge is 2.17. The third-order valence-corrected chi connectivity index (χ3v) is 1.83. The third-order valence-electron chi connectivity index (χ3n) is 1.83. The van der Waals surface area contributed by atoms with Crippen LogP contribution >= 0.6 is 0 Å². The van der Waals surface area contributed by atoms with Crippen molar-refractivity contribution in [2.45, 2.75) is 27.2 Å². The monoisotopic (exact) mass is 143 g/mol. The summed E-state index contributed by atoms with van der Waals surface area (Å²) in [7, 11) is 1.69. The molecule has 2 heteroatoms. The first-order valence-electron chi connectivity index (χ1n) is 3.85. The molecule has 0 fully saturated rings. The van der Waals surface area contributed by atoms with Crippen LogP contribution in [0, 0.1) is 11.8 Å².